The smallest absolute Gasteiger partial charge is 0.365 e. The zero-order chi connectivity index (χ0) is 12.3. The van der Waals surface area contributed by atoms with Crippen molar-refractivity contribution in [1.29, 1.82) is 5.26 Å². The molecule has 86 valence electrons. The van der Waals surface area contributed by atoms with Crippen LogP contribution in [0.1, 0.15) is 5.56 Å². The van der Waals surface area contributed by atoms with E-state index < -0.39 is 12.7 Å². The average Bonchev–Trinajstić information content (AvgIpc) is 2.14. The summed E-state index contributed by atoms with van der Waals surface area (Å²) in [5.41, 5.74) is 0.225. The lowest BCUT2D eigenvalue weighted by atomic mass is 10.2. The van der Waals surface area contributed by atoms with Gasteiger partial charge in [0.25, 0.3) is 0 Å². The lowest BCUT2D eigenvalue weighted by Crippen LogP contribution is -2.31. The number of hydrogen-bond donors (Lipinski definition) is 0. The summed E-state index contributed by atoms with van der Waals surface area (Å²) < 4.78 is 36.5. The number of alkyl halides is 3. The molecular formula is C10H8ClF3N2. The van der Waals surface area contributed by atoms with Crippen LogP contribution in [0, 0.1) is 11.3 Å². The van der Waals surface area contributed by atoms with E-state index in [0.717, 1.165) is 4.90 Å². The largest absolute Gasteiger partial charge is 0.405 e. The van der Waals surface area contributed by atoms with Crippen molar-refractivity contribution in [3.05, 3.63) is 28.8 Å². The Labute approximate surface area is 95.8 Å². The van der Waals surface area contributed by atoms with Crippen LogP contribution in [0.2, 0.25) is 5.02 Å². The second-order valence-electron chi connectivity index (χ2n) is 3.22. The molecule has 1 aromatic carbocycles. The molecule has 0 aliphatic heterocycles. The number of benzene rings is 1. The van der Waals surface area contributed by atoms with E-state index in [1.54, 1.807) is 6.07 Å². The number of nitriles is 1. The fraction of sp³-hybridized carbons (Fsp3) is 0.300. The Morgan fingerprint density at radius 3 is 2.56 bits per heavy atom. The van der Waals surface area contributed by atoms with Gasteiger partial charge in [-0.15, -0.1) is 0 Å². The Morgan fingerprint density at radius 2 is 2.06 bits per heavy atom. The molecule has 0 saturated carbocycles. The number of anilines is 1. The lowest BCUT2D eigenvalue weighted by Gasteiger charge is -2.22. The molecule has 0 radical (unpaired) electrons. The van der Waals surface area contributed by atoms with Crippen molar-refractivity contribution in [3.8, 4) is 6.07 Å². The third-order valence-electron chi connectivity index (χ3n) is 1.93. The van der Waals surface area contributed by atoms with Crippen LogP contribution in [0.5, 0.6) is 0 Å². The Kier molecular flexibility index (Phi) is 3.66. The summed E-state index contributed by atoms with van der Waals surface area (Å²) >= 11 is 5.71. The first-order valence-corrected chi connectivity index (χ1v) is 4.69. The fourth-order valence-electron chi connectivity index (χ4n) is 1.30. The van der Waals surface area contributed by atoms with Crippen molar-refractivity contribution in [3.63, 3.8) is 0 Å². The molecule has 16 heavy (non-hydrogen) atoms. The van der Waals surface area contributed by atoms with Crippen LogP contribution in [0.4, 0.5) is 18.9 Å². The van der Waals surface area contributed by atoms with Crippen molar-refractivity contribution in [2.24, 2.45) is 0 Å². The van der Waals surface area contributed by atoms with Gasteiger partial charge in [-0.3, -0.25) is 0 Å². The highest BCUT2D eigenvalue weighted by molar-refractivity contribution is 6.32. The first kappa shape index (κ1) is 12.7. The third-order valence-corrected chi connectivity index (χ3v) is 2.25. The third kappa shape index (κ3) is 3.04. The van der Waals surface area contributed by atoms with Crippen molar-refractivity contribution in [2.75, 3.05) is 18.5 Å². The molecule has 0 N–H and O–H groups in total. The second-order valence-corrected chi connectivity index (χ2v) is 3.62. The Balaban J connectivity index is 3.05. The zero-order valence-electron chi connectivity index (χ0n) is 8.35. The molecule has 0 atom stereocenters. The highest BCUT2D eigenvalue weighted by Gasteiger charge is 2.30. The van der Waals surface area contributed by atoms with E-state index in [-0.39, 0.29) is 16.3 Å². The maximum Gasteiger partial charge on any atom is 0.405 e. The number of rotatable bonds is 2. The summed E-state index contributed by atoms with van der Waals surface area (Å²) in [6.45, 7) is -1.12. The summed E-state index contributed by atoms with van der Waals surface area (Å²) in [7, 11) is 1.26. The minimum Gasteiger partial charge on any atom is -0.365 e. The van der Waals surface area contributed by atoms with E-state index in [0.29, 0.717) is 0 Å². The molecule has 1 rings (SSSR count). The predicted octanol–water partition coefficient (Wildman–Crippen LogP) is 3.21. The minimum atomic E-state index is -4.32. The van der Waals surface area contributed by atoms with E-state index in [1.807, 2.05) is 0 Å². The van der Waals surface area contributed by atoms with Crippen LogP contribution in [-0.2, 0) is 0 Å². The van der Waals surface area contributed by atoms with Gasteiger partial charge >= 0.3 is 6.18 Å². The molecule has 0 aliphatic carbocycles. The maximum atomic E-state index is 12.2. The van der Waals surface area contributed by atoms with Crippen molar-refractivity contribution in [2.45, 2.75) is 6.18 Å². The fourth-order valence-corrected chi connectivity index (χ4v) is 1.51. The molecule has 0 unspecified atom stereocenters. The summed E-state index contributed by atoms with van der Waals surface area (Å²) in [4.78, 5) is 0.949. The monoisotopic (exact) mass is 248 g/mol. The molecule has 0 aromatic heterocycles. The van der Waals surface area contributed by atoms with Crippen molar-refractivity contribution in [1.82, 2.24) is 0 Å². The first-order valence-electron chi connectivity index (χ1n) is 4.31. The molecule has 0 saturated heterocycles. The number of nitrogens with zero attached hydrogens (tertiary/aromatic N) is 2. The predicted molar refractivity (Wildman–Crippen MR) is 55.5 cm³/mol. The Bertz CT molecular complexity index is 423. The van der Waals surface area contributed by atoms with Gasteiger partial charge in [0, 0.05) is 7.05 Å². The topological polar surface area (TPSA) is 27.0 Å². The highest BCUT2D eigenvalue weighted by Crippen LogP contribution is 2.28. The van der Waals surface area contributed by atoms with Crippen LogP contribution >= 0.6 is 11.6 Å². The Morgan fingerprint density at radius 1 is 1.44 bits per heavy atom. The second kappa shape index (κ2) is 4.62. The molecule has 0 aliphatic rings. The molecular weight excluding hydrogens is 241 g/mol. The Hall–Kier alpha value is -1.41. The van der Waals surface area contributed by atoms with E-state index in [9.17, 15) is 13.2 Å². The van der Waals surface area contributed by atoms with Gasteiger partial charge in [-0.05, 0) is 12.1 Å². The average molecular weight is 249 g/mol. The van der Waals surface area contributed by atoms with Gasteiger partial charge in [0.15, 0.2) is 0 Å². The standard InChI is InChI=1S/C10H8ClF3N2/c1-16(6-10(12,13)14)9-4-2-3-8(11)7(9)5-15/h2-4H,6H2,1H3. The SMILES string of the molecule is CN(CC(F)(F)F)c1cccc(Cl)c1C#N. The van der Waals surface area contributed by atoms with Crippen LogP contribution in [0.3, 0.4) is 0 Å². The van der Waals surface area contributed by atoms with E-state index in [4.69, 9.17) is 16.9 Å². The van der Waals surface area contributed by atoms with Gasteiger partial charge in [-0.2, -0.15) is 18.4 Å². The highest BCUT2D eigenvalue weighted by atomic mass is 35.5. The van der Waals surface area contributed by atoms with Gasteiger partial charge in [-0.1, -0.05) is 17.7 Å². The molecule has 1 aromatic rings. The molecule has 0 fully saturated rings. The normalized spacial score (nSPS) is 11.0. The summed E-state index contributed by atoms with van der Waals surface area (Å²) in [5.74, 6) is 0. The molecule has 0 heterocycles. The van der Waals surface area contributed by atoms with Gasteiger partial charge in [0.2, 0.25) is 0 Å². The number of hydrogen-bond acceptors (Lipinski definition) is 2. The van der Waals surface area contributed by atoms with Crippen LogP contribution in [0.25, 0.3) is 0 Å². The summed E-state index contributed by atoms with van der Waals surface area (Å²) in [6, 6.07) is 6.18. The van der Waals surface area contributed by atoms with Gasteiger partial charge < -0.3 is 4.90 Å². The van der Waals surface area contributed by atoms with Gasteiger partial charge in [0.1, 0.15) is 12.6 Å². The first-order chi connectivity index (χ1) is 7.35. The van der Waals surface area contributed by atoms with Crippen LogP contribution in [0.15, 0.2) is 18.2 Å². The van der Waals surface area contributed by atoms with E-state index in [1.165, 1.54) is 25.2 Å². The summed E-state index contributed by atoms with van der Waals surface area (Å²) in [6.07, 6.45) is -4.32. The summed E-state index contributed by atoms with van der Waals surface area (Å²) in [5, 5.41) is 8.95. The molecule has 2 nitrogen and oxygen atoms in total. The van der Waals surface area contributed by atoms with Gasteiger partial charge in [-0.25, -0.2) is 0 Å². The molecule has 6 heteroatoms. The van der Waals surface area contributed by atoms with Gasteiger partial charge in [0.05, 0.1) is 16.3 Å². The van der Waals surface area contributed by atoms with Crippen molar-refractivity contribution >= 4 is 17.3 Å². The van der Waals surface area contributed by atoms with E-state index in [2.05, 4.69) is 0 Å². The zero-order valence-corrected chi connectivity index (χ0v) is 9.10. The van der Waals surface area contributed by atoms with Crippen molar-refractivity contribution < 1.29 is 13.2 Å². The quantitative estimate of drug-likeness (QED) is 0.804. The minimum absolute atomic E-state index is 0.0518. The lowest BCUT2D eigenvalue weighted by molar-refractivity contribution is -0.119. The molecule has 0 amide bonds. The van der Waals surface area contributed by atoms with Crippen LogP contribution < -0.4 is 4.90 Å². The molecule has 0 bridgehead atoms. The number of halogens is 4. The molecule has 0 spiro atoms. The van der Waals surface area contributed by atoms with Crippen LogP contribution in [-0.4, -0.2) is 19.8 Å². The van der Waals surface area contributed by atoms with E-state index >= 15 is 0 Å². The maximum absolute atomic E-state index is 12.2.